The zero-order chi connectivity index (χ0) is 13.9. The van der Waals surface area contributed by atoms with Crippen molar-refractivity contribution in [1.82, 2.24) is 0 Å². The lowest BCUT2D eigenvalue weighted by Crippen LogP contribution is -2.27. The minimum atomic E-state index is -0.443. The van der Waals surface area contributed by atoms with Gasteiger partial charge in [-0.2, -0.15) is 5.06 Å². The van der Waals surface area contributed by atoms with Crippen molar-refractivity contribution in [2.24, 2.45) is 0 Å². The van der Waals surface area contributed by atoms with Gasteiger partial charge >= 0.3 is 0 Å². The van der Waals surface area contributed by atoms with Gasteiger partial charge in [-0.25, -0.2) is 0 Å². The minimum absolute atomic E-state index is 0.443. The first-order chi connectivity index (χ1) is 9.77. The van der Waals surface area contributed by atoms with Crippen LogP contribution >= 0.6 is 0 Å². The molecule has 1 amide bonds. The number of hydrogen-bond donors (Lipinski definition) is 1. The Balaban J connectivity index is 2.05. The molecule has 0 atom stereocenters. The van der Waals surface area contributed by atoms with Crippen LogP contribution in [-0.4, -0.2) is 11.1 Å². The number of carbonyl (C=O) groups excluding carboxylic acids is 1. The van der Waals surface area contributed by atoms with Crippen molar-refractivity contribution in [2.45, 2.75) is 0 Å². The first-order valence-corrected chi connectivity index (χ1v) is 6.33. The van der Waals surface area contributed by atoms with Crippen LogP contribution in [-0.2, 0) is 0 Å². The molecule has 1 N–H and O–H groups in total. The number of rotatable bonds is 2. The fraction of sp³-hybridized carbons (Fsp3) is 0. The molecule has 0 bridgehead atoms. The van der Waals surface area contributed by atoms with Crippen molar-refractivity contribution >= 4 is 22.4 Å². The van der Waals surface area contributed by atoms with E-state index >= 15 is 0 Å². The Morgan fingerprint density at radius 1 is 0.800 bits per heavy atom. The molecule has 98 valence electrons. The molecule has 3 aromatic carbocycles. The summed E-state index contributed by atoms with van der Waals surface area (Å²) in [6.07, 6.45) is 0. The van der Waals surface area contributed by atoms with Gasteiger partial charge in [-0.1, -0.05) is 54.6 Å². The molecule has 0 saturated carbocycles. The lowest BCUT2D eigenvalue weighted by atomic mass is 10.1. The molecule has 0 aromatic heterocycles. The zero-order valence-electron chi connectivity index (χ0n) is 10.7. The highest BCUT2D eigenvalue weighted by atomic mass is 16.5. The lowest BCUT2D eigenvalue weighted by Gasteiger charge is -2.17. The summed E-state index contributed by atoms with van der Waals surface area (Å²) in [5.74, 6) is -0.443. The predicted molar refractivity (Wildman–Crippen MR) is 79.0 cm³/mol. The van der Waals surface area contributed by atoms with E-state index in [2.05, 4.69) is 0 Å². The van der Waals surface area contributed by atoms with Crippen molar-refractivity contribution in [2.75, 3.05) is 5.06 Å². The van der Waals surface area contributed by atoms with Crippen molar-refractivity contribution < 1.29 is 10.0 Å². The van der Waals surface area contributed by atoms with E-state index in [4.69, 9.17) is 0 Å². The molecule has 0 spiro atoms. The highest BCUT2D eigenvalue weighted by Crippen LogP contribution is 2.26. The zero-order valence-corrected chi connectivity index (χ0v) is 10.7. The van der Waals surface area contributed by atoms with Crippen LogP contribution in [0.25, 0.3) is 10.8 Å². The summed E-state index contributed by atoms with van der Waals surface area (Å²) in [6, 6.07) is 21.8. The van der Waals surface area contributed by atoms with Gasteiger partial charge in [0.2, 0.25) is 0 Å². The average molecular weight is 263 g/mol. The molecular formula is C17H13NO2. The van der Waals surface area contributed by atoms with Crippen LogP contribution in [0.4, 0.5) is 5.69 Å². The number of anilines is 1. The predicted octanol–water partition coefficient (Wildman–Crippen LogP) is 3.88. The third kappa shape index (κ3) is 2.15. The van der Waals surface area contributed by atoms with Crippen LogP contribution in [0, 0.1) is 0 Å². The van der Waals surface area contributed by atoms with Crippen LogP contribution < -0.4 is 5.06 Å². The summed E-state index contributed by atoms with van der Waals surface area (Å²) >= 11 is 0. The number of nitrogens with zero attached hydrogens (tertiary/aromatic N) is 1. The monoisotopic (exact) mass is 263 g/mol. The van der Waals surface area contributed by atoms with Crippen LogP contribution in [0.2, 0.25) is 0 Å². The highest BCUT2D eigenvalue weighted by molar-refractivity contribution is 6.09. The van der Waals surface area contributed by atoms with E-state index in [0.29, 0.717) is 16.3 Å². The first-order valence-electron chi connectivity index (χ1n) is 6.33. The van der Waals surface area contributed by atoms with Gasteiger partial charge in [0, 0.05) is 10.9 Å². The lowest BCUT2D eigenvalue weighted by molar-refractivity contribution is 0.0855. The molecule has 0 aliphatic rings. The molecule has 0 aliphatic heterocycles. The van der Waals surface area contributed by atoms with E-state index in [1.165, 1.54) is 0 Å². The summed E-state index contributed by atoms with van der Waals surface area (Å²) in [6.45, 7) is 0. The molecule has 3 heteroatoms. The maximum absolute atomic E-state index is 12.3. The number of carbonyl (C=O) groups is 1. The molecule has 0 heterocycles. The largest absolute Gasteiger partial charge is 0.282 e. The van der Waals surface area contributed by atoms with Gasteiger partial charge in [0.15, 0.2) is 0 Å². The summed E-state index contributed by atoms with van der Waals surface area (Å²) in [4.78, 5) is 12.3. The first kappa shape index (κ1) is 12.4. The highest BCUT2D eigenvalue weighted by Gasteiger charge is 2.17. The smallest absolute Gasteiger partial charge is 0.281 e. The Morgan fingerprint density at radius 2 is 1.45 bits per heavy atom. The Bertz CT molecular complexity index is 748. The summed E-state index contributed by atoms with van der Waals surface area (Å²) < 4.78 is 0. The van der Waals surface area contributed by atoms with Crippen LogP contribution in [0.1, 0.15) is 10.4 Å². The number of fused-ring (bicyclic) bond motifs is 1. The van der Waals surface area contributed by atoms with Crippen molar-refractivity contribution in [3.05, 3.63) is 78.4 Å². The molecule has 0 radical (unpaired) electrons. The molecule has 0 unspecified atom stereocenters. The standard InChI is InChI=1S/C17H13NO2/c19-17(14-8-2-1-3-9-14)18(20)16-12-6-10-13-7-4-5-11-15(13)16/h1-12,20H. The van der Waals surface area contributed by atoms with E-state index in [0.717, 1.165) is 10.8 Å². The van der Waals surface area contributed by atoms with E-state index < -0.39 is 5.91 Å². The van der Waals surface area contributed by atoms with Gasteiger partial charge in [-0.3, -0.25) is 10.0 Å². The molecule has 3 nitrogen and oxygen atoms in total. The fourth-order valence-corrected chi connectivity index (χ4v) is 2.21. The van der Waals surface area contributed by atoms with Gasteiger partial charge < -0.3 is 0 Å². The fourth-order valence-electron chi connectivity index (χ4n) is 2.21. The van der Waals surface area contributed by atoms with E-state index in [-0.39, 0.29) is 0 Å². The topological polar surface area (TPSA) is 40.5 Å². The van der Waals surface area contributed by atoms with Gasteiger partial charge in [0.1, 0.15) is 0 Å². The molecule has 0 saturated heterocycles. The third-order valence-electron chi connectivity index (χ3n) is 3.21. The quantitative estimate of drug-likeness (QED) is 0.563. The Labute approximate surface area is 116 Å². The average Bonchev–Trinajstić information content (AvgIpc) is 2.54. The number of hydrogen-bond acceptors (Lipinski definition) is 2. The number of benzene rings is 3. The minimum Gasteiger partial charge on any atom is -0.281 e. The molecule has 3 aromatic rings. The summed E-state index contributed by atoms with van der Waals surface area (Å²) in [7, 11) is 0. The number of amides is 1. The molecule has 20 heavy (non-hydrogen) atoms. The Morgan fingerprint density at radius 3 is 2.25 bits per heavy atom. The Kier molecular flexibility index (Phi) is 3.19. The number of hydroxylamine groups is 1. The SMILES string of the molecule is O=C(c1ccccc1)N(O)c1cccc2ccccc12. The summed E-state index contributed by atoms with van der Waals surface area (Å²) in [5, 5.41) is 12.7. The maximum atomic E-state index is 12.3. The second-order valence-electron chi connectivity index (χ2n) is 4.48. The van der Waals surface area contributed by atoms with Crippen LogP contribution in [0.3, 0.4) is 0 Å². The van der Waals surface area contributed by atoms with E-state index in [1.54, 1.807) is 30.3 Å². The maximum Gasteiger partial charge on any atom is 0.282 e. The van der Waals surface area contributed by atoms with Crippen LogP contribution in [0.15, 0.2) is 72.8 Å². The molecule has 3 rings (SSSR count). The second kappa shape index (κ2) is 5.15. The van der Waals surface area contributed by atoms with Crippen molar-refractivity contribution in [3.63, 3.8) is 0 Å². The van der Waals surface area contributed by atoms with Crippen LogP contribution in [0.5, 0.6) is 0 Å². The van der Waals surface area contributed by atoms with Crippen molar-refractivity contribution in [3.8, 4) is 0 Å². The molecule has 0 aliphatic carbocycles. The Hall–Kier alpha value is -2.65. The second-order valence-corrected chi connectivity index (χ2v) is 4.48. The van der Waals surface area contributed by atoms with Gasteiger partial charge in [-0.15, -0.1) is 0 Å². The van der Waals surface area contributed by atoms with Crippen molar-refractivity contribution in [1.29, 1.82) is 0 Å². The van der Waals surface area contributed by atoms with Gasteiger partial charge in [-0.05, 0) is 23.6 Å². The third-order valence-corrected chi connectivity index (χ3v) is 3.21. The molecular weight excluding hydrogens is 250 g/mol. The normalized spacial score (nSPS) is 10.4. The molecule has 0 fully saturated rings. The van der Waals surface area contributed by atoms with Gasteiger partial charge in [0.25, 0.3) is 5.91 Å². The summed E-state index contributed by atoms with van der Waals surface area (Å²) in [5.41, 5.74) is 0.930. The van der Waals surface area contributed by atoms with Gasteiger partial charge in [0.05, 0.1) is 5.69 Å². The van der Waals surface area contributed by atoms with E-state index in [9.17, 15) is 10.0 Å². The van der Waals surface area contributed by atoms with E-state index in [1.807, 2.05) is 42.5 Å².